The fraction of sp³-hybridized carbons (Fsp3) is 0.816. The second-order valence-electron chi connectivity index (χ2n) is 28.3. The summed E-state index contributed by atoms with van der Waals surface area (Å²) in [5.41, 5.74) is 5.42. The monoisotopic (exact) mass is 1380 g/mol. The molecule has 0 bridgehead atoms. The lowest BCUT2D eigenvalue weighted by Crippen LogP contribution is -2.29. The number of ether oxygens (including phenoxy) is 2. The topological polar surface area (TPSA) is 134 Å². The molecule has 0 aliphatic heterocycles. The lowest BCUT2D eigenvalue weighted by atomic mass is 10.0. The molecule has 0 radical (unpaired) electrons. The van der Waals surface area contributed by atoms with Crippen LogP contribution >= 0.6 is 7.82 Å². The molecule has 3 N–H and O–H groups in total. The maximum Gasteiger partial charge on any atom is 0.472 e. The van der Waals surface area contributed by atoms with Crippen LogP contribution in [-0.2, 0) is 32.7 Å². The summed E-state index contributed by atoms with van der Waals surface area (Å²) in [7, 11) is -4.40. The van der Waals surface area contributed by atoms with Crippen molar-refractivity contribution in [2.24, 2.45) is 5.73 Å². The molecular weight excluding hydrogens is 1220 g/mol. The normalized spacial score (nSPS) is 13.2. The average Bonchev–Trinajstić information content (AvgIpc) is 2.69. The SMILES string of the molecule is CC/C=C\C/C=C\C/C=C\C/C=C\C/C=C\C/C=C\C/C=C\CCCCCCCCCCCCCCCC(=O)OC(COC(=O)CCCCCCCCCCCCCCCCCCCCCCCCCCCCCCCCCCCCCCCCCCC)COP(=O)(O)OCCN. The molecule has 97 heavy (non-hydrogen) atoms. The molecule has 566 valence electrons. The first-order valence-electron chi connectivity index (χ1n) is 42.1. The van der Waals surface area contributed by atoms with Gasteiger partial charge in [0.15, 0.2) is 6.10 Å². The Labute approximate surface area is 602 Å². The van der Waals surface area contributed by atoms with Gasteiger partial charge in [0.1, 0.15) is 6.61 Å². The smallest absolute Gasteiger partial charge is 0.462 e. The zero-order valence-corrected chi connectivity index (χ0v) is 65.0. The number of unbranched alkanes of at least 4 members (excludes halogenated alkanes) is 53. The molecule has 0 saturated heterocycles. The molecule has 9 nitrogen and oxygen atoms in total. The zero-order valence-electron chi connectivity index (χ0n) is 64.1. The molecule has 10 heteroatoms. The average molecular weight is 1380 g/mol. The molecule has 0 spiro atoms. The van der Waals surface area contributed by atoms with Crippen LogP contribution in [0, 0.1) is 0 Å². The van der Waals surface area contributed by atoms with E-state index in [4.69, 9.17) is 24.3 Å². The number of carbonyl (C=O) groups excluding carboxylic acids is 2. The molecule has 0 aromatic carbocycles. The predicted octanol–water partition coefficient (Wildman–Crippen LogP) is 28.4. The van der Waals surface area contributed by atoms with Crippen LogP contribution in [0.3, 0.4) is 0 Å². The summed E-state index contributed by atoms with van der Waals surface area (Å²) in [4.78, 5) is 35.5. The van der Waals surface area contributed by atoms with E-state index in [0.29, 0.717) is 6.42 Å². The number of allylic oxidation sites excluding steroid dienone is 14. The lowest BCUT2D eigenvalue weighted by molar-refractivity contribution is -0.161. The van der Waals surface area contributed by atoms with Crippen molar-refractivity contribution in [1.82, 2.24) is 0 Å². The van der Waals surface area contributed by atoms with Gasteiger partial charge in [0.05, 0.1) is 13.2 Å². The van der Waals surface area contributed by atoms with Gasteiger partial charge >= 0.3 is 19.8 Å². The highest BCUT2D eigenvalue weighted by atomic mass is 31.2. The summed E-state index contributed by atoms with van der Waals surface area (Å²) < 4.78 is 33.3. The minimum atomic E-state index is -4.40. The highest BCUT2D eigenvalue weighted by Gasteiger charge is 2.26. The number of phosphoric acid groups is 1. The Morgan fingerprint density at radius 2 is 0.567 bits per heavy atom. The number of esters is 2. The maximum atomic E-state index is 12.8. The van der Waals surface area contributed by atoms with E-state index >= 15 is 0 Å². The highest BCUT2D eigenvalue weighted by molar-refractivity contribution is 7.47. The molecule has 0 saturated carbocycles. The van der Waals surface area contributed by atoms with Gasteiger partial charge < -0.3 is 20.1 Å². The summed E-state index contributed by atoms with van der Waals surface area (Å²) in [6, 6.07) is 0. The van der Waals surface area contributed by atoms with E-state index in [1.54, 1.807) is 0 Å². The number of hydrogen-bond acceptors (Lipinski definition) is 8. The first-order chi connectivity index (χ1) is 47.8. The molecule has 0 rings (SSSR count). The molecule has 0 aromatic heterocycles. The second-order valence-corrected chi connectivity index (χ2v) is 29.8. The molecule has 2 unspecified atom stereocenters. The van der Waals surface area contributed by atoms with E-state index in [1.807, 2.05) is 0 Å². The standard InChI is InChI=1S/C87H160NO8P/c1-3-5-7-9-11-13-15-17-19-21-23-25-27-29-31-33-35-37-39-40-41-42-43-44-46-47-49-51-53-55-57-59-61-63-65-67-69-71-73-75-77-79-86(89)93-83-85(84-95-97(91,92)94-82-81-88)96-87(90)80-78-76-74-72-70-68-66-64-62-60-58-56-54-52-50-48-45-38-36-34-32-30-28-26-24-22-20-18-16-14-12-10-8-6-4-2/h6,8,12,14,18,20,24,26,30,32,36,38,48,50,85H,3-5,7,9-11,13,15-17,19,21-23,25,27-29,31,33-35,37,39-47,49,51-84,88H2,1-2H3,(H,91,92)/b8-6-,14-12-,20-18-,26-24-,32-30-,38-36-,50-48-. The van der Waals surface area contributed by atoms with Gasteiger partial charge in [-0.3, -0.25) is 18.6 Å². The molecule has 0 aromatic rings. The second kappa shape index (κ2) is 82.1. The van der Waals surface area contributed by atoms with Gasteiger partial charge in [0.25, 0.3) is 0 Å². The van der Waals surface area contributed by atoms with Crippen LogP contribution in [0.4, 0.5) is 0 Å². The summed E-state index contributed by atoms with van der Waals surface area (Å²) in [6.07, 6.45) is 112. The van der Waals surface area contributed by atoms with Crippen molar-refractivity contribution in [3.63, 3.8) is 0 Å². The number of nitrogens with two attached hydrogens (primary N) is 1. The fourth-order valence-electron chi connectivity index (χ4n) is 12.6. The first kappa shape index (κ1) is 94.2. The van der Waals surface area contributed by atoms with Crippen molar-refractivity contribution in [1.29, 1.82) is 0 Å². The summed E-state index contributed by atoms with van der Waals surface area (Å²) in [5.74, 6) is -0.812. The molecule has 0 heterocycles. The van der Waals surface area contributed by atoms with Gasteiger partial charge in [0, 0.05) is 19.4 Å². The largest absolute Gasteiger partial charge is 0.472 e. The molecule has 0 fully saturated rings. The Morgan fingerprint density at radius 1 is 0.320 bits per heavy atom. The van der Waals surface area contributed by atoms with E-state index in [0.717, 1.165) is 83.5 Å². The number of hydrogen-bond donors (Lipinski definition) is 2. The highest BCUT2D eigenvalue weighted by Crippen LogP contribution is 2.43. The van der Waals surface area contributed by atoms with Crippen LogP contribution in [0.25, 0.3) is 0 Å². The summed E-state index contributed by atoms with van der Waals surface area (Å²) in [6.45, 7) is 3.70. The van der Waals surface area contributed by atoms with E-state index in [2.05, 4.69) is 98.9 Å². The first-order valence-corrected chi connectivity index (χ1v) is 43.6. The summed E-state index contributed by atoms with van der Waals surface area (Å²) >= 11 is 0. The van der Waals surface area contributed by atoms with Crippen molar-refractivity contribution in [2.45, 2.75) is 431 Å². The summed E-state index contributed by atoms with van der Waals surface area (Å²) in [5, 5.41) is 0. The van der Waals surface area contributed by atoms with Crippen molar-refractivity contribution < 1.29 is 37.6 Å². The maximum absolute atomic E-state index is 12.8. The van der Waals surface area contributed by atoms with Crippen molar-refractivity contribution in [3.05, 3.63) is 85.1 Å². The van der Waals surface area contributed by atoms with Crippen molar-refractivity contribution >= 4 is 19.8 Å². The third kappa shape index (κ3) is 82.0. The minimum Gasteiger partial charge on any atom is -0.462 e. The van der Waals surface area contributed by atoms with Gasteiger partial charge in [0.2, 0.25) is 0 Å². The van der Waals surface area contributed by atoms with Crippen LogP contribution in [0.5, 0.6) is 0 Å². The van der Waals surface area contributed by atoms with Gasteiger partial charge in [-0.25, -0.2) is 4.57 Å². The van der Waals surface area contributed by atoms with Crippen LogP contribution in [0.15, 0.2) is 85.1 Å². The van der Waals surface area contributed by atoms with E-state index in [-0.39, 0.29) is 38.6 Å². The van der Waals surface area contributed by atoms with Gasteiger partial charge in [-0.1, -0.05) is 426 Å². The van der Waals surface area contributed by atoms with Crippen molar-refractivity contribution in [2.75, 3.05) is 26.4 Å². The molecule has 0 aliphatic carbocycles. The van der Waals surface area contributed by atoms with E-state index < -0.39 is 26.5 Å². The van der Waals surface area contributed by atoms with Crippen LogP contribution < -0.4 is 5.73 Å². The Balaban J connectivity index is 3.76. The van der Waals surface area contributed by atoms with Crippen molar-refractivity contribution in [3.8, 4) is 0 Å². The van der Waals surface area contributed by atoms with Crippen LogP contribution in [0.2, 0.25) is 0 Å². The van der Waals surface area contributed by atoms with Crippen LogP contribution in [-0.4, -0.2) is 49.3 Å². The Bertz CT molecular complexity index is 1870. The predicted molar refractivity (Wildman–Crippen MR) is 422 cm³/mol. The van der Waals surface area contributed by atoms with Crippen LogP contribution in [0.1, 0.15) is 425 Å². The quantitative estimate of drug-likeness (QED) is 0.0264. The number of rotatable bonds is 80. The van der Waals surface area contributed by atoms with E-state index in [9.17, 15) is 19.0 Å². The van der Waals surface area contributed by atoms with E-state index in [1.165, 1.54) is 308 Å². The zero-order chi connectivity index (χ0) is 70.0. The molecular formula is C87H160NO8P. The van der Waals surface area contributed by atoms with Gasteiger partial charge in [-0.05, 0) is 70.6 Å². The third-order valence-corrected chi connectivity index (χ3v) is 19.8. The number of carbonyl (C=O) groups is 2. The minimum absolute atomic E-state index is 0.0526. The van der Waals surface area contributed by atoms with Gasteiger partial charge in [-0.15, -0.1) is 0 Å². The molecule has 2 atom stereocenters. The molecule has 0 aliphatic rings. The Hall–Kier alpha value is -2.81. The molecule has 0 amide bonds. The Morgan fingerprint density at radius 3 is 0.845 bits per heavy atom. The van der Waals surface area contributed by atoms with Gasteiger partial charge in [-0.2, -0.15) is 0 Å². The number of phosphoric ester groups is 1. The lowest BCUT2D eigenvalue weighted by Gasteiger charge is -2.19. The Kier molecular flexibility index (Phi) is 79.8. The third-order valence-electron chi connectivity index (χ3n) is 18.8. The fourth-order valence-corrected chi connectivity index (χ4v) is 13.4.